The van der Waals surface area contributed by atoms with Crippen LogP contribution in [0.1, 0.15) is 18.4 Å². The number of carboxylic acid groups (broad SMARTS) is 1. The van der Waals surface area contributed by atoms with Crippen molar-refractivity contribution < 1.29 is 14.7 Å². The van der Waals surface area contributed by atoms with Gasteiger partial charge in [0.05, 0.1) is 0 Å². The molecule has 20 heavy (non-hydrogen) atoms. The smallest absolute Gasteiger partial charge is 0.329 e. The highest BCUT2D eigenvalue weighted by Gasteiger charge is 2.41. The van der Waals surface area contributed by atoms with Crippen LogP contribution in [0.2, 0.25) is 0 Å². The molecule has 0 aliphatic carbocycles. The van der Waals surface area contributed by atoms with E-state index in [2.05, 4.69) is 22.3 Å². The standard InChI is InChI=1S/C15H20N2O3/c18-12-16-15(14(19)20)7-10-17(11-8-15)9-6-13-4-2-1-3-5-13/h1-5,12H,6-11H2,(H,16,18)(H,19,20). The highest BCUT2D eigenvalue weighted by molar-refractivity contribution is 5.81. The molecule has 1 saturated heterocycles. The minimum absolute atomic E-state index is 0.454. The molecule has 1 aromatic carbocycles. The fourth-order valence-corrected chi connectivity index (χ4v) is 2.62. The first-order valence-corrected chi connectivity index (χ1v) is 6.87. The molecular formula is C15H20N2O3. The molecule has 5 nitrogen and oxygen atoms in total. The van der Waals surface area contributed by atoms with E-state index in [-0.39, 0.29) is 0 Å². The number of carbonyl (C=O) groups is 2. The first-order valence-electron chi connectivity index (χ1n) is 6.87. The van der Waals surface area contributed by atoms with Crippen LogP contribution in [-0.2, 0) is 16.0 Å². The van der Waals surface area contributed by atoms with Gasteiger partial charge >= 0.3 is 5.97 Å². The Balaban J connectivity index is 1.84. The van der Waals surface area contributed by atoms with Crippen molar-refractivity contribution in [2.45, 2.75) is 24.8 Å². The maximum Gasteiger partial charge on any atom is 0.329 e. The second kappa shape index (κ2) is 6.52. The SMILES string of the molecule is O=CNC1(C(=O)O)CCN(CCc2ccccc2)CC1. The van der Waals surface area contributed by atoms with E-state index in [0.29, 0.717) is 32.3 Å². The Labute approximate surface area is 118 Å². The summed E-state index contributed by atoms with van der Waals surface area (Å²) >= 11 is 0. The Hall–Kier alpha value is -1.88. The molecule has 0 bridgehead atoms. The van der Waals surface area contributed by atoms with Gasteiger partial charge in [-0.15, -0.1) is 0 Å². The normalized spacial score (nSPS) is 18.4. The zero-order valence-corrected chi connectivity index (χ0v) is 11.4. The van der Waals surface area contributed by atoms with Crippen molar-refractivity contribution in [2.75, 3.05) is 19.6 Å². The van der Waals surface area contributed by atoms with Gasteiger partial charge in [-0.3, -0.25) is 4.79 Å². The van der Waals surface area contributed by atoms with Crippen LogP contribution < -0.4 is 5.32 Å². The second-order valence-electron chi connectivity index (χ2n) is 5.23. The summed E-state index contributed by atoms with van der Waals surface area (Å²) in [5.41, 5.74) is 0.207. The maximum atomic E-state index is 11.3. The molecule has 1 aliphatic heterocycles. The molecule has 1 aromatic rings. The molecule has 2 N–H and O–H groups in total. The van der Waals surface area contributed by atoms with Crippen molar-refractivity contribution in [2.24, 2.45) is 0 Å². The number of likely N-dealkylation sites (tertiary alicyclic amines) is 1. The lowest BCUT2D eigenvalue weighted by molar-refractivity contribution is -0.148. The van der Waals surface area contributed by atoms with Gasteiger partial charge in [0.1, 0.15) is 5.54 Å². The van der Waals surface area contributed by atoms with Crippen molar-refractivity contribution in [1.82, 2.24) is 10.2 Å². The Morgan fingerprint density at radius 2 is 1.95 bits per heavy atom. The number of rotatable bonds is 6. The van der Waals surface area contributed by atoms with Crippen LogP contribution in [0.5, 0.6) is 0 Å². The van der Waals surface area contributed by atoms with E-state index in [4.69, 9.17) is 0 Å². The summed E-state index contributed by atoms with van der Waals surface area (Å²) in [5, 5.41) is 11.8. The van der Waals surface area contributed by atoms with Crippen molar-refractivity contribution >= 4 is 12.4 Å². The molecule has 0 atom stereocenters. The van der Waals surface area contributed by atoms with Crippen molar-refractivity contribution in [3.8, 4) is 0 Å². The molecule has 0 aromatic heterocycles. The fraction of sp³-hybridized carbons (Fsp3) is 0.467. The second-order valence-corrected chi connectivity index (χ2v) is 5.23. The van der Waals surface area contributed by atoms with E-state index in [0.717, 1.165) is 13.0 Å². The quantitative estimate of drug-likeness (QED) is 0.757. The molecule has 0 spiro atoms. The van der Waals surface area contributed by atoms with Crippen LogP contribution in [0.25, 0.3) is 0 Å². The van der Waals surface area contributed by atoms with Crippen LogP contribution in [0.4, 0.5) is 0 Å². The van der Waals surface area contributed by atoms with Crippen molar-refractivity contribution in [3.63, 3.8) is 0 Å². The average molecular weight is 276 g/mol. The molecule has 108 valence electrons. The predicted octanol–water partition coefficient (Wildman–Crippen LogP) is 0.894. The first-order chi connectivity index (χ1) is 9.66. The number of aliphatic carboxylic acids is 1. The number of hydrogen-bond acceptors (Lipinski definition) is 3. The molecule has 1 heterocycles. The number of benzene rings is 1. The highest BCUT2D eigenvalue weighted by Crippen LogP contribution is 2.22. The topological polar surface area (TPSA) is 69.6 Å². The van der Waals surface area contributed by atoms with Gasteiger partial charge in [0.15, 0.2) is 0 Å². The fourth-order valence-electron chi connectivity index (χ4n) is 2.62. The average Bonchev–Trinajstić information content (AvgIpc) is 2.48. The largest absolute Gasteiger partial charge is 0.480 e. The summed E-state index contributed by atoms with van der Waals surface area (Å²) in [6.07, 6.45) is 2.36. The van der Waals surface area contributed by atoms with Crippen LogP contribution in [-0.4, -0.2) is 47.6 Å². The molecule has 0 unspecified atom stereocenters. The van der Waals surface area contributed by atoms with Crippen molar-refractivity contribution in [1.29, 1.82) is 0 Å². The van der Waals surface area contributed by atoms with E-state index >= 15 is 0 Å². The van der Waals surface area contributed by atoms with Gasteiger partial charge in [-0.2, -0.15) is 0 Å². The third kappa shape index (κ3) is 3.36. The molecule has 1 fully saturated rings. The number of carboxylic acids is 1. The number of piperidine rings is 1. The Bertz CT molecular complexity index is 453. The van der Waals surface area contributed by atoms with Gasteiger partial charge < -0.3 is 15.3 Å². The van der Waals surface area contributed by atoms with Gasteiger partial charge in [-0.1, -0.05) is 30.3 Å². The molecule has 0 saturated carbocycles. The van der Waals surface area contributed by atoms with Crippen LogP contribution in [0.15, 0.2) is 30.3 Å². The molecule has 1 amide bonds. The first kappa shape index (κ1) is 14.5. The Kier molecular flexibility index (Phi) is 4.74. The lowest BCUT2D eigenvalue weighted by Crippen LogP contribution is -2.58. The number of amides is 1. The Morgan fingerprint density at radius 1 is 1.30 bits per heavy atom. The van der Waals surface area contributed by atoms with E-state index in [9.17, 15) is 14.7 Å². The van der Waals surface area contributed by atoms with E-state index < -0.39 is 11.5 Å². The zero-order chi connectivity index (χ0) is 14.4. The molecule has 1 aliphatic rings. The predicted molar refractivity (Wildman–Crippen MR) is 75.4 cm³/mol. The van der Waals surface area contributed by atoms with Gasteiger partial charge in [-0.25, -0.2) is 4.79 Å². The molecule has 5 heteroatoms. The molecular weight excluding hydrogens is 256 g/mol. The van der Waals surface area contributed by atoms with Crippen LogP contribution in [0, 0.1) is 0 Å². The van der Waals surface area contributed by atoms with E-state index in [1.165, 1.54) is 5.56 Å². The van der Waals surface area contributed by atoms with E-state index in [1.807, 2.05) is 18.2 Å². The van der Waals surface area contributed by atoms with Gasteiger partial charge in [-0.05, 0) is 24.8 Å². The highest BCUT2D eigenvalue weighted by atomic mass is 16.4. The third-order valence-corrected chi connectivity index (χ3v) is 4.01. The van der Waals surface area contributed by atoms with E-state index in [1.54, 1.807) is 0 Å². The summed E-state index contributed by atoms with van der Waals surface area (Å²) in [4.78, 5) is 24.1. The minimum Gasteiger partial charge on any atom is -0.480 e. The zero-order valence-electron chi connectivity index (χ0n) is 11.4. The summed E-state index contributed by atoms with van der Waals surface area (Å²) in [6.45, 7) is 2.31. The van der Waals surface area contributed by atoms with Gasteiger partial charge in [0.25, 0.3) is 0 Å². The summed E-state index contributed by atoms with van der Waals surface area (Å²) < 4.78 is 0. The number of carbonyl (C=O) groups excluding carboxylic acids is 1. The van der Waals surface area contributed by atoms with Crippen LogP contribution >= 0.6 is 0 Å². The van der Waals surface area contributed by atoms with Crippen LogP contribution in [0.3, 0.4) is 0 Å². The molecule has 0 radical (unpaired) electrons. The minimum atomic E-state index is -1.08. The van der Waals surface area contributed by atoms with Gasteiger partial charge in [0.2, 0.25) is 6.41 Å². The number of hydrogen-bond donors (Lipinski definition) is 2. The molecule has 2 rings (SSSR count). The lowest BCUT2D eigenvalue weighted by Gasteiger charge is -2.38. The van der Waals surface area contributed by atoms with Gasteiger partial charge in [0, 0.05) is 19.6 Å². The monoisotopic (exact) mass is 276 g/mol. The summed E-state index contributed by atoms with van der Waals surface area (Å²) in [6, 6.07) is 10.2. The number of nitrogens with zero attached hydrogens (tertiary/aromatic N) is 1. The maximum absolute atomic E-state index is 11.3. The lowest BCUT2D eigenvalue weighted by atomic mass is 9.87. The number of nitrogens with one attached hydrogen (secondary N) is 1. The third-order valence-electron chi connectivity index (χ3n) is 4.01. The van der Waals surface area contributed by atoms with Crippen molar-refractivity contribution in [3.05, 3.63) is 35.9 Å². The summed E-state index contributed by atoms with van der Waals surface area (Å²) in [5.74, 6) is -0.938. The Morgan fingerprint density at radius 3 is 2.50 bits per heavy atom. The summed E-state index contributed by atoms with van der Waals surface area (Å²) in [7, 11) is 0.